The molecular weight excluding hydrogens is 188 g/mol. The molecular formula is C13H22O2. The summed E-state index contributed by atoms with van der Waals surface area (Å²) < 4.78 is 0. The average molecular weight is 210 g/mol. The van der Waals surface area contributed by atoms with Crippen molar-refractivity contribution in [3.63, 3.8) is 0 Å². The maximum atomic E-state index is 11.9. The minimum atomic E-state index is 0.192. The Bertz CT molecular complexity index is 261. The van der Waals surface area contributed by atoms with Gasteiger partial charge < -0.3 is 5.11 Å². The van der Waals surface area contributed by atoms with Crippen molar-refractivity contribution in [3.8, 4) is 0 Å². The maximum Gasteiger partial charge on any atom is 0.136 e. The van der Waals surface area contributed by atoms with Gasteiger partial charge in [0.2, 0.25) is 0 Å². The zero-order valence-electron chi connectivity index (χ0n) is 9.83. The highest BCUT2D eigenvalue weighted by molar-refractivity contribution is 5.83. The molecule has 0 amide bonds. The number of hydrogen-bond donors (Lipinski definition) is 1. The average Bonchev–Trinajstić information content (AvgIpc) is 2.56. The first kappa shape index (κ1) is 11.1. The van der Waals surface area contributed by atoms with Crippen LogP contribution in [-0.4, -0.2) is 17.5 Å². The molecule has 0 spiro atoms. The lowest BCUT2D eigenvalue weighted by molar-refractivity contribution is -0.130. The van der Waals surface area contributed by atoms with E-state index in [2.05, 4.69) is 13.8 Å². The number of Topliss-reactive ketones (excluding diaryl/α,β-unsaturated/α-hetero) is 1. The molecule has 86 valence electrons. The van der Waals surface area contributed by atoms with Gasteiger partial charge in [0.15, 0.2) is 0 Å². The quantitative estimate of drug-likeness (QED) is 0.760. The van der Waals surface area contributed by atoms with Crippen LogP contribution in [0.25, 0.3) is 0 Å². The highest BCUT2D eigenvalue weighted by atomic mass is 16.3. The van der Waals surface area contributed by atoms with Gasteiger partial charge in [0.25, 0.3) is 0 Å². The van der Waals surface area contributed by atoms with Crippen LogP contribution in [0, 0.1) is 23.2 Å². The van der Waals surface area contributed by atoms with Gasteiger partial charge >= 0.3 is 0 Å². The lowest BCUT2D eigenvalue weighted by Crippen LogP contribution is -2.39. The Kier molecular flexibility index (Phi) is 2.89. The van der Waals surface area contributed by atoms with Crippen molar-refractivity contribution in [3.05, 3.63) is 0 Å². The Morgan fingerprint density at radius 3 is 2.93 bits per heavy atom. The minimum Gasteiger partial charge on any atom is -0.396 e. The summed E-state index contributed by atoms with van der Waals surface area (Å²) in [4.78, 5) is 11.9. The van der Waals surface area contributed by atoms with Gasteiger partial charge in [-0.15, -0.1) is 0 Å². The summed E-state index contributed by atoms with van der Waals surface area (Å²) in [5.41, 5.74) is 0.192. The molecule has 1 N–H and O–H groups in total. The van der Waals surface area contributed by atoms with Crippen molar-refractivity contribution in [1.82, 2.24) is 0 Å². The molecule has 2 nitrogen and oxygen atoms in total. The summed E-state index contributed by atoms with van der Waals surface area (Å²) in [6.07, 6.45) is 5.22. The van der Waals surface area contributed by atoms with Gasteiger partial charge in [0, 0.05) is 18.9 Å². The number of fused-ring (bicyclic) bond motifs is 1. The maximum absolute atomic E-state index is 11.9. The molecule has 0 radical (unpaired) electrons. The number of aliphatic hydroxyl groups excluding tert-OH is 1. The monoisotopic (exact) mass is 210 g/mol. The van der Waals surface area contributed by atoms with Gasteiger partial charge in [0.1, 0.15) is 5.78 Å². The topological polar surface area (TPSA) is 37.3 Å². The van der Waals surface area contributed by atoms with Crippen LogP contribution >= 0.6 is 0 Å². The normalized spacial score (nSPS) is 42.7. The number of carbonyl (C=O) groups excluding carboxylic acids is 1. The van der Waals surface area contributed by atoms with Gasteiger partial charge in [-0.2, -0.15) is 0 Å². The van der Waals surface area contributed by atoms with Crippen LogP contribution in [0.4, 0.5) is 0 Å². The summed E-state index contributed by atoms with van der Waals surface area (Å²) in [6.45, 7) is 4.66. The second-order valence-corrected chi connectivity index (χ2v) is 5.72. The van der Waals surface area contributed by atoms with E-state index in [0.717, 1.165) is 25.7 Å². The Morgan fingerprint density at radius 1 is 1.53 bits per heavy atom. The smallest absolute Gasteiger partial charge is 0.136 e. The standard InChI is InChI=1S/C13H22O2/c1-9(8-14)10-5-6-11-12(15)4-3-7-13(10,11)2/h9-11,14H,3-8H2,1-2H3/t9-,10?,11?,13-/m1/s1. The molecule has 2 aliphatic rings. The van der Waals surface area contributed by atoms with Crippen molar-refractivity contribution in [2.45, 2.75) is 46.0 Å². The van der Waals surface area contributed by atoms with E-state index in [9.17, 15) is 9.90 Å². The third-order valence-corrected chi connectivity index (χ3v) is 4.91. The van der Waals surface area contributed by atoms with E-state index >= 15 is 0 Å². The van der Waals surface area contributed by atoms with E-state index in [1.807, 2.05) is 0 Å². The van der Waals surface area contributed by atoms with Gasteiger partial charge in [-0.25, -0.2) is 0 Å². The number of ketones is 1. The predicted molar refractivity (Wildman–Crippen MR) is 59.4 cm³/mol. The Labute approximate surface area is 92.1 Å². The van der Waals surface area contributed by atoms with Crippen LogP contribution in [0.15, 0.2) is 0 Å². The molecule has 2 unspecified atom stereocenters. The first-order valence-corrected chi connectivity index (χ1v) is 6.23. The van der Waals surface area contributed by atoms with Gasteiger partial charge in [-0.05, 0) is 42.9 Å². The fourth-order valence-electron chi connectivity index (χ4n) is 4.03. The molecule has 0 bridgehead atoms. The lowest BCUT2D eigenvalue weighted by Gasteiger charge is -2.41. The number of rotatable bonds is 2. The zero-order valence-corrected chi connectivity index (χ0v) is 9.83. The fourth-order valence-corrected chi connectivity index (χ4v) is 4.03. The molecule has 2 aliphatic carbocycles. The molecule has 0 heterocycles. The summed E-state index contributed by atoms with van der Waals surface area (Å²) in [5, 5.41) is 9.28. The molecule has 4 atom stereocenters. The fraction of sp³-hybridized carbons (Fsp3) is 0.923. The number of hydrogen-bond acceptors (Lipinski definition) is 2. The highest BCUT2D eigenvalue weighted by Crippen LogP contribution is 2.56. The molecule has 0 aromatic rings. The van der Waals surface area contributed by atoms with E-state index in [4.69, 9.17) is 0 Å². The molecule has 0 saturated heterocycles. The first-order valence-electron chi connectivity index (χ1n) is 6.23. The van der Waals surface area contributed by atoms with E-state index in [1.54, 1.807) is 0 Å². The van der Waals surface area contributed by atoms with Crippen molar-refractivity contribution in [1.29, 1.82) is 0 Å². The molecule has 0 aromatic carbocycles. The molecule has 2 saturated carbocycles. The summed E-state index contributed by atoms with van der Waals surface area (Å²) >= 11 is 0. The van der Waals surface area contributed by atoms with E-state index in [0.29, 0.717) is 23.5 Å². The van der Waals surface area contributed by atoms with Crippen LogP contribution in [-0.2, 0) is 4.79 Å². The van der Waals surface area contributed by atoms with E-state index in [1.165, 1.54) is 6.42 Å². The first-order chi connectivity index (χ1) is 7.09. The Hall–Kier alpha value is -0.370. The summed E-state index contributed by atoms with van der Waals surface area (Å²) in [7, 11) is 0. The van der Waals surface area contributed by atoms with Crippen molar-refractivity contribution in [2.75, 3.05) is 6.61 Å². The van der Waals surface area contributed by atoms with Crippen LogP contribution < -0.4 is 0 Å². The van der Waals surface area contributed by atoms with Crippen LogP contribution in [0.5, 0.6) is 0 Å². The lowest BCUT2D eigenvalue weighted by atomic mass is 9.62. The molecule has 0 aromatic heterocycles. The van der Waals surface area contributed by atoms with Gasteiger partial charge in [-0.3, -0.25) is 4.79 Å². The third kappa shape index (κ3) is 1.63. The van der Waals surface area contributed by atoms with Crippen LogP contribution in [0.3, 0.4) is 0 Å². The van der Waals surface area contributed by atoms with Gasteiger partial charge in [0.05, 0.1) is 0 Å². The van der Waals surface area contributed by atoms with Crippen molar-refractivity contribution >= 4 is 5.78 Å². The SMILES string of the molecule is C[C@H](CO)C1CCC2C(=O)CCC[C@@]21C. The zero-order chi connectivity index (χ0) is 11.1. The molecule has 0 aliphatic heterocycles. The second kappa shape index (κ2) is 3.89. The largest absolute Gasteiger partial charge is 0.396 e. The van der Waals surface area contributed by atoms with Crippen molar-refractivity contribution < 1.29 is 9.90 Å². The van der Waals surface area contributed by atoms with Crippen LogP contribution in [0.1, 0.15) is 46.0 Å². The highest BCUT2D eigenvalue weighted by Gasteiger charge is 2.52. The Morgan fingerprint density at radius 2 is 2.27 bits per heavy atom. The molecule has 2 heteroatoms. The third-order valence-electron chi connectivity index (χ3n) is 4.91. The Balaban J connectivity index is 2.21. The predicted octanol–water partition coefficient (Wildman–Crippen LogP) is 2.40. The number of carbonyl (C=O) groups is 1. The van der Waals surface area contributed by atoms with Crippen LogP contribution in [0.2, 0.25) is 0 Å². The van der Waals surface area contributed by atoms with E-state index in [-0.39, 0.29) is 12.0 Å². The second-order valence-electron chi connectivity index (χ2n) is 5.72. The van der Waals surface area contributed by atoms with Crippen molar-refractivity contribution in [2.24, 2.45) is 23.2 Å². The molecule has 15 heavy (non-hydrogen) atoms. The van der Waals surface area contributed by atoms with Gasteiger partial charge in [-0.1, -0.05) is 13.8 Å². The number of aliphatic hydroxyl groups is 1. The summed E-state index contributed by atoms with van der Waals surface area (Å²) in [5.74, 6) is 1.68. The molecule has 2 fully saturated rings. The minimum absolute atomic E-state index is 0.192. The van der Waals surface area contributed by atoms with E-state index < -0.39 is 0 Å². The molecule has 2 rings (SSSR count). The summed E-state index contributed by atoms with van der Waals surface area (Å²) in [6, 6.07) is 0.